The van der Waals surface area contributed by atoms with Gasteiger partial charge in [0, 0.05) is 24.2 Å². The molecule has 0 N–H and O–H groups in total. The van der Waals surface area contributed by atoms with E-state index in [-0.39, 0.29) is 23.2 Å². The second kappa shape index (κ2) is 20.2. The number of benzene rings is 5. The molecule has 1 aliphatic rings. The molecule has 2 unspecified atom stereocenters. The van der Waals surface area contributed by atoms with Gasteiger partial charge in [-0.1, -0.05) is 189 Å². The largest absolute Gasteiger partial charge is 0.376 e. The standard InChI is InChI=1S/C37H36OP2.C7H10.Fe/c1-38-37(34-26-16-28-36(34)40(31-21-10-4-11-22-31)32-23-12-5-13-24-32)33-25-14-15-27-35(33)39(29-17-6-2-7-18-29)30-19-8-3-9-20-30;1-3-5-7-6-4-2;/h2-15,17-25,27,34,36-37H,16,26,28H2,1H3;3-7H,1H2,2H3;/t34?,36?,37-;;/m0../s1. The van der Waals surface area contributed by atoms with E-state index in [0.29, 0.717) is 11.6 Å². The summed E-state index contributed by atoms with van der Waals surface area (Å²) in [7, 11) is 0.710. The summed E-state index contributed by atoms with van der Waals surface area (Å²) in [6, 6.07) is 53.6. The fourth-order valence-corrected chi connectivity index (χ4v) is 12.3. The quantitative estimate of drug-likeness (QED) is 0.0755. The summed E-state index contributed by atoms with van der Waals surface area (Å²) >= 11 is 0. The first-order chi connectivity index (χ1) is 23.3. The van der Waals surface area contributed by atoms with E-state index in [2.05, 4.69) is 152 Å². The van der Waals surface area contributed by atoms with Gasteiger partial charge in [0.1, 0.15) is 0 Å². The van der Waals surface area contributed by atoms with Crippen LogP contribution < -0.4 is 26.5 Å². The van der Waals surface area contributed by atoms with Crippen LogP contribution in [0.2, 0.25) is 0 Å². The Morgan fingerprint density at radius 3 is 1.58 bits per heavy atom. The van der Waals surface area contributed by atoms with Gasteiger partial charge in [-0.3, -0.25) is 0 Å². The fraction of sp³-hybridized carbons (Fsp3) is 0.182. The van der Waals surface area contributed by atoms with Gasteiger partial charge in [-0.25, -0.2) is 0 Å². The van der Waals surface area contributed by atoms with E-state index in [0.717, 1.165) is 0 Å². The minimum atomic E-state index is -0.711. The zero-order valence-corrected chi connectivity index (χ0v) is 30.9. The number of ether oxygens (including phenoxy) is 1. The first-order valence-corrected chi connectivity index (χ1v) is 19.3. The molecule has 1 fully saturated rings. The molecule has 0 spiro atoms. The molecular weight excluding hydrogens is 662 g/mol. The average Bonchev–Trinajstić information content (AvgIpc) is 3.61. The molecule has 0 bridgehead atoms. The maximum Gasteiger partial charge on any atom is 0.0861 e. The number of hydrogen-bond acceptors (Lipinski definition) is 1. The molecule has 0 radical (unpaired) electrons. The van der Waals surface area contributed by atoms with Crippen LogP contribution in [0.5, 0.6) is 0 Å². The third-order valence-electron chi connectivity index (χ3n) is 8.64. The van der Waals surface area contributed by atoms with Gasteiger partial charge in [0.05, 0.1) is 6.10 Å². The average molecular weight is 709 g/mol. The van der Waals surface area contributed by atoms with Crippen LogP contribution in [0, 0.1) is 5.92 Å². The van der Waals surface area contributed by atoms with E-state index in [4.69, 9.17) is 4.74 Å². The second-order valence-corrected chi connectivity index (χ2v) is 16.2. The summed E-state index contributed by atoms with van der Waals surface area (Å²) in [5, 5.41) is 7.12. The van der Waals surface area contributed by atoms with Crippen LogP contribution in [0.15, 0.2) is 183 Å². The van der Waals surface area contributed by atoms with Gasteiger partial charge in [-0.2, -0.15) is 0 Å². The molecule has 0 aliphatic heterocycles. The van der Waals surface area contributed by atoms with Crippen molar-refractivity contribution in [3.05, 3.63) is 188 Å². The first-order valence-electron chi connectivity index (χ1n) is 16.6. The Bertz CT molecular complexity index is 1610. The van der Waals surface area contributed by atoms with Crippen LogP contribution in [0.1, 0.15) is 37.9 Å². The van der Waals surface area contributed by atoms with Crippen LogP contribution in [-0.4, -0.2) is 12.8 Å². The van der Waals surface area contributed by atoms with Gasteiger partial charge in [-0.15, -0.1) is 0 Å². The number of hydrogen-bond donors (Lipinski definition) is 0. The molecule has 1 saturated carbocycles. The van der Waals surface area contributed by atoms with Crippen molar-refractivity contribution in [2.45, 2.75) is 37.9 Å². The zero-order valence-electron chi connectivity index (χ0n) is 28.0. The van der Waals surface area contributed by atoms with Gasteiger partial charge < -0.3 is 4.74 Å². The molecule has 6 rings (SSSR count). The van der Waals surface area contributed by atoms with Crippen LogP contribution in [0.25, 0.3) is 0 Å². The normalized spacial score (nSPS) is 16.4. The van der Waals surface area contributed by atoms with Gasteiger partial charge in [0.25, 0.3) is 0 Å². The Morgan fingerprint density at radius 1 is 0.625 bits per heavy atom. The van der Waals surface area contributed by atoms with Crippen molar-refractivity contribution < 1.29 is 21.8 Å². The third-order valence-corrected chi connectivity index (χ3v) is 14.2. The Morgan fingerprint density at radius 2 is 1.10 bits per heavy atom. The molecule has 5 aromatic carbocycles. The fourth-order valence-electron chi connectivity index (χ4n) is 6.65. The van der Waals surface area contributed by atoms with Crippen LogP contribution in [0.4, 0.5) is 0 Å². The van der Waals surface area contributed by atoms with E-state index in [9.17, 15) is 0 Å². The molecule has 246 valence electrons. The molecule has 4 heteroatoms. The summed E-state index contributed by atoms with van der Waals surface area (Å²) in [6.45, 7) is 5.49. The summed E-state index contributed by atoms with van der Waals surface area (Å²) in [5.41, 5.74) is 1.93. The molecule has 0 saturated heterocycles. The minimum absolute atomic E-state index is 0. The van der Waals surface area contributed by atoms with Crippen LogP contribution in [-0.2, 0) is 21.8 Å². The zero-order chi connectivity index (χ0) is 32.7. The van der Waals surface area contributed by atoms with Crippen molar-refractivity contribution in [1.82, 2.24) is 0 Å². The second-order valence-electron chi connectivity index (χ2n) is 11.6. The van der Waals surface area contributed by atoms with Crippen molar-refractivity contribution in [3.8, 4) is 0 Å². The molecule has 0 amide bonds. The summed E-state index contributed by atoms with van der Waals surface area (Å²) in [4.78, 5) is 0. The van der Waals surface area contributed by atoms with E-state index in [1.54, 1.807) is 6.08 Å². The van der Waals surface area contributed by atoms with E-state index < -0.39 is 15.8 Å². The summed E-state index contributed by atoms with van der Waals surface area (Å²) in [5.74, 6) is 0.459. The SMILES string of the molecule is C=CC=CC=CC.CO[C@@H](c1ccccc1P(c1ccccc1)c1ccccc1)C1CCCC1P(c1ccccc1)c1ccccc1.[Fe]. The van der Waals surface area contributed by atoms with Gasteiger partial charge in [0.15, 0.2) is 0 Å². The Labute approximate surface area is 301 Å². The number of allylic oxidation sites excluding steroid dienone is 5. The van der Waals surface area contributed by atoms with Crippen LogP contribution >= 0.6 is 15.8 Å². The molecule has 3 atom stereocenters. The molecule has 48 heavy (non-hydrogen) atoms. The van der Waals surface area contributed by atoms with Gasteiger partial charge in [-0.05, 0) is 79.3 Å². The molecule has 0 heterocycles. The topological polar surface area (TPSA) is 9.23 Å². The number of methoxy groups -OCH3 is 1. The number of rotatable bonds is 11. The Hall–Kier alpha value is -3.34. The van der Waals surface area contributed by atoms with E-state index in [1.165, 1.54) is 51.3 Å². The molecule has 5 aromatic rings. The summed E-state index contributed by atoms with van der Waals surface area (Å²) < 4.78 is 6.56. The predicted octanol–water partition coefficient (Wildman–Crippen LogP) is 9.74. The van der Waals surface area contributed by atoms with Gasteiger partial charge in [0.2, 0.25) is 0 Å². The monoisotopic (exact) mass is 708 g/mol. The molecule has 1 aliphatic carbocycles. The Balaban J connectivity index is 0.000000589. The van der Waals surface area contributed by atoms with E-state index in [1.807, 2.05) is 38.3 Å². The maximum absolute atomic E-state index is 6.56. The van der Waals surface area contributed by atoms with Crippen molar-refractivity contribution >= 4 is 42.4 Å². The van der Waals surface area contributed by atoms with Crippen molar-refractivity contribution in [3.63, 3.8) is 0 Å². The smallest absolute Gasteiger partial charge is 0.0861 e. The van der Waals surface area contributed by atoms with Crippen molar-refractivity contribution in [2.24, 2.45) is 5.92 Å². The van der Waals surface area contributed by atoms with Crippen molar-refractivity contribution in [1.29, 1.82) is 0 Å². The Kier molecular flexibility index (Phi) is 15.8. The minimum Gasteiger partial charge on any atom is -0.376 e. The summed E-state index contributed by atoms with van der Waals surface area (Å²) in [6.07, 6.45) is 13.3. The predicted molar refractivity (Wildman–Crippen MR) is 209 cm³/mol. The molecular formula is C44H46FeOP2. The maximum atomic E-state index is 6.56. The van der Waals surface area contributed by atoms with E-state index >= 15 is 0 Å². The van der Waals surface area contributed by atoms with Crippen molar-refractivity contribution in [2.75, 3.05) is 7.11 Å². The molecule has 0 aromatic heterocycles. The van der Waals surface area contributed by atoms with Gasteiger partial charge >= 0.3 is 0 Å². The first kappa shape index (κ1) is 37.5. The third kappa shape index (κ3) is 9.63. The van der Waals surface area contributed by atoms with Crippen LogP contribution in [0.3, 0.4) is 0 Å². The molecule has 1 nitrogen and oxygen atoms in total.